The maximum Gasteiger partial charge on any atom is 0.295 e. The van der Waals surface area contributed by atoms with Crippen molar-refractivity contribution >= 4 is 27.3 Å². The third-order valence-electron chi connectivity index (χ3n) is 3.18. The highest BCUT2D eigenvalue weighted by Crippen LogP contribution is 2.38. The molecule has 1 aromatic carbocycles. The number of hydrogen-bond acceptors (Lipinski definition) is 4. The molecule has 0 aliphatic carbocycles. The van der Waals surface area contributed by atoms with Gasteiger partial charge in [-0.1, -0.05) is 6.92 Å². The number of aliphatic hydroxyl groups is 1. The summed E-state index contributed by atoms with van der Waals surface area (Å²) in [4.78, 5) is 12.0. The van der Waals surface area contributed by atoms with Gasteiger partial charge in [0.15, 0.2) is 0 Å². The second kappa shape index (κ2) is 4.47. The molecule has 1 heterocycles. The number of anilines is 1. The first-order valence-electron chi connectivity index (χ1n) is 5.47. The number of hydrogen-bond donors (Lipinski definition) is 1. The first kappa shape index (κ1) is 13.2. The quantitative estimate of drug-likeness (QED) is 0.686. The van der Waals surface area contributed by atoms with Gasteiger partial charge in [0.25, 0.3) is 5.69 Å². The highest BCUT2D eigenvalue weighted by atomic mass is 79.9. The van der Waals surface area contributed by atoms with Crippen molar-refractivity contribution in [1.29, 1.82) is 0 Å². The van der Waals surface area contributed by atoms with E-state index < -0.39 is 16.3 Å². The molecular formula is C11H12BrFN2O3. The molecule has 1 aliphatic rings. The van der Waals surface area contributed by atoms with E-state index in [1.807, 2.05) is 6.92 Å². The molecule has 1 fully saturated rings. The summed E-state index contributed by atoms with van der Waals surface area (Å²) < 4.78 is 13.5. The molecule has 0 aromatic heterocycles. The van der Waals surface area contributed by atoms with Crippen molar-refractivity contribution in [3.05, 3.63) is 32.5 Å². The maximum absolute atomic E-state index is 13.3. The zero-order valence-corrected chi connectivity index (χ0v) is 11.3. The molecule has 0 bridgehead atoms. The third-order valence-corrected chi connectivity index (χ3v) is 3.79. The van der Waals surface area contributed by atoms with E-state index in [0.717, 1.165) is 6.07 Å². The van der Waals surface area contributed by atoms with E-state index in [-0.39, 0.29) is 10.2 Å². The molecule has 1 N–H and O–H groups in total. The number of nitro groups is 1. The van der Waals surface area contributed by atoms with Crippen LogP contribution in [0.1, 0.15) is 13.3 Å². The average molecular weight is 319 g/mol. The van der Waals surface area contributed by atoms with Crippen LogP contribution in [0.5, 0.6) is 0 Å². The van der Waals surface area contributed by atoms with Gasteiger partial charge in [0.05, 0.1) is 21.1 Å². The highest BCUT2D eigenvalue weighted by molar-refractivity contribution is 9.10. The van der Waals surface area contributed by atoms with Crippen molar-refractivity contribution in [2.45, 2.75) is 18.9 Å². The van der Waals surface area contributed by atoms with E-state index in [1.165, 1.54) is 6.07 Å². The summed E-state index contributed by atoms with van der Waals surface area (Å²) in [7, 11) is 0. The van der Waals surface area contributed by atoms with Crippen LogP contribution < -0.4 is 4.90 Å². The Hall–Kier alpha value is -1.21. The minimum atomic E-state index is -0.797. The van der Waals surface area contributed by atoms with Gasteiger partial charge in [-0.25, -0.2) is 4.39 Å². The number of rotatable bonds is 3. The number of nitrogens with zero attached hydrogens (tertiary/aromatic N) is 2. The number of β-amino-alcohol motifs (C(OH)–C–C–N with tert-alkyl or cyclic N) is 1. The molecule has 1 aliphatic heterocycles. The lowest BCUT2D eigenvalue weighted by atomic mass is 9.90. The lowest BCUT2D eigenvalue weighted by molar-refractivity contribution is -0.384. The van der Waals surface area contributed by atoms with Crippen LogP contribution in [0.2, 0.25) is 0 Å². The molecule has 1 saturated heterocycles. The van der Waals surface area contributed by atoms with Crippen LogP contribution in [-0.2, 0) is 0 Å². The second-order valence-electron chi connectivity index (χ2n) is 4.45. The van der Waals surface area contributed by atoms with Gasteiger partial charge >= 0.3 is 0 Å². The fourth-order valence-electron chi connectivity index (χ4n) is 1.98. The van der Waals surface area contributed by atoms with Gasteiger partial charge in [0.2, 0.25) is 0 Å². The van der Waals surface area contributed by atoms with Crippen LogP contribution in [0.4, 0.5) is 15.8 Å². The highest BCUT2D eigenvalue weighted by Gasteiger charge is 2.42. The van der Waals surface area contributed by atoms with Crippen molar-refractivity contribution in [3.8, 4) is 0 Å². The average Bonchev–Trinajstić information content (AvgIpc) is 2.28. The molecular weight excluding hydrogens is 307 g/mol. The number of benzene rings is 1. The smallest absolute Gasteiger partial charge is 0.295 e. The van der Waals surface area contributed by atoms with Gasteiger partial charge < -0.3 is 10.0 Å². The molecule has 0 spiro atoms. The zero-order valence-electron chi connectivity index (χ0n) is 9.69. The predicted octanol–water partition coefficient (Wildman–Crippen LogP) is 2.46. The van der Waals surface area contributed by atoms with Crippen molar-refractivity contribution in [3.63, 3.8) is 0 Å². The Morgan fingerprint density at radius 2 is 2.22 bits per heavy atom. The summed E-state index contributed by atoms with van der Waals surface area (Å²) >= 11 is 3.01. The lowest BCUT2D eigenvalue weighted by Gasteiger charge is -2.47. The Bertz CT molecular complexity index is 503. The fourth-order valence-corrected chi connectivity index (χ4v) is 2.31. The molecule has 0 saturated carbocycles. The second-order valence-corrected chi connectivity index (χ2v) is 5.30. The molecule has 0 amide bonds. The van der Waals surface area contributed by atoms with Crippen LogP contribution in [0.15, 0.2) is 16.6 Å². The van der Waals surface area contributed by atoms with Gasteiger partial charge in [0.1, 0.15) is 11.5 Å². The molecule has 0 radical (unpaired) electrons. The van der Waals surface area contributed by atoms with Crippen molar-refractivity contribution in [2.24, 2.45) is 0 Å². The van der Waals surface area contributed by atoms with Crippen LogP contribution in [-0.4, -0.2) is 28.7 Å². The molecule has 18 heavy (non-hydrogen) atoms. The van der Waals surface area contributed by atoms with Crippen LogP contribution in [0.3, 0.4) is 0 Å². The molecule has 5 nitrogen and oxygen atoms in total. The van der Waals surface area contributed by atoms with Crippen molar-refractivity contribution < 1.29 is 14.4 Å². The fraction of sp³-hybridized carbons (Fsp3) is 0.455. The van der Waals surface area contributed by atoms with E-state index in [4.69, 9.17) is 0 Å². The Balaban J connectivity index is 2.34. The van der Waals surface area contributed by atoms with E-state index >= 15 is 0 Å². The standard InChI is InChI=1S/C11H12BrFN2O3/c1-2-11(16)5-14(6-11)9-3-7(12)8(13)4-10(9)15(17)18/h3-4,16H,2,5-6H2,1H3. The molecule has 1 aromatic rings. The van der Waals surface area contributed by atoms with Gasteiger partial charge in [-0.15, -0.1) is 0 Å². The lowest BCUT2D eigenvalue weighted by Crippen LogP contribution is -2.61. The largest absolute Gasteiger partial charge is 0.386 e. The summed E-state index contributed by atoms with van der Waals surface area (Å²) in [5, 5.41) is 20.8. The van der Waals surface area contributed by atoms with E-state index in [0.29, 0.717) is 25.2 Å². The first-order chi connectivity index (χ1) is 8.36. The predicted molar refractivity (Wildman–Crippen MR) is 68.2 cm³/mol. The summed E-state index contributed by atoms with van der Waals surface area (Å²) in [6.07, 6.45) is 0.583. The van der Waals surface area contributed by atoms with Crippen molar-refractivity contribution in [1.82, 2.24) is 0 Å². The van der Waals surface area contributed by atoms with Gasteiger partial charge in [-0.2, -0.15) is 0 Å². The monoisotopic (exact) mass is 318 g/mol. The number of nitro benzene ring substituents is 1. The Morgan fingerprint density at radius 1 is 1.61 bits per heavy atom. The molecule has 98 valence electrons. The third kappa shape index (κ3) is 2.20. The first-order valence-corrected chi connectivity index (χ1v) is 6.26. The van der Waals surface area contributed by atoms with Crippen molar-refractivity contribution in [2.75, 3.05) is 18.0 Å². The molecule has 0 atom stereocenters. The molecule has 7 heteroatoms. The Kier molecular flexibility index (Phi) is 3.29. The summed E-state index contributed by atoms with van der Waals surface area (Å²) in [6.45, 7) is 2.50. The van der Waals surface area contributed by atoms with Gasteiger partial charge in [-0.05, 0) is 28.4 Å². The van der Waals surface area contributed by atoms with E-state index in [1.54, 1.807) is 4.90 Å². The van der Waals surface area contributed by atoms with Gasteiger partial charge in [0, 0.05) is 13.1 Å². The summed E-state index contributed by atoms with van der Waals surface area (Å²) in [6, 6.07) is 2.27. The van der Waals surface area contributed by atoms with Gasteiger partial charge in [-0.3, -0.25) is 10.1 Å². The Morgan fingerprint density at radius 3 is 2.72 bits per heavy atom. The topological polar surface area (TPSA) is 66.6 Å². The minimum absolute atomic E-state index is 0.176. The van der Waals surface area contributed by atoms with Crippen LogP contribution in [0, 0.1) is 15.9 Å². The summed E-state index contributed by atoms with van der Waals surface area (Å²) in [5.74, 6) is -0.670. The van der Waals surface area contributed by atoms with E-state index in [9.17, 15) is 19.6 Å². The van der Waals surface area contributed by atoms with E-state index in [2.05, 4.69) is 15.9 Å². The Labute approximate surface area is 111 Å². The summed E-state index contributed by atoms with van der Waals surface area (Å²) in [5.41, 5.74) is -0.755. The van der Waals surface area contributed by atoms with Crippen LogP contribution >= 0.6 is 15.9 Å². The molecule has 0 unspecified atom stereocenters. The molecule has 2 rings (SSSR count). The minimum Gasteiger partial charge on any atom is -0.386 e. The SMILES string of the molecule is CCC1(O)CN(c2cc(Br)c(F)cc2[N+](=O)[O-])C1. The normalized spacial score (nSPS) is 17.4. The maximum atomic E-state index is 13.3. The number of halogens is 2. The zero-order chi connectivity index (χ0) is 13.5. The van der Waals surface area contributed by atoms with Crippen LogP contribution in [0.25, 0.3) is 0 Å².